The van der Waals surface area contributed by atoms with Gasteiger partial charge in [0.05, 0.1) is 16.7 Å². The summed E-state index contributed by atoms with van der Waals surface area (Å²) in [5, 5.41) is 11.5. The van der Waals surface area contributed by atoms with E-state index in [0.29, 0.717) is 22.3 Å². The lowest BCUT2D eigenvalue weighted by atomic mass is 10.1. The summed E-state index contributed by atoms with van der Waals surface area (Å²) < 4.78 is 0. The summed E-state index contributed by atoms with van der Waals surface area (Å²) in [5.74, 6) is -1.24. The van der Waals surface area contributed by atoms with E-state index in [-0.39, 0.29) is 36.4 Å². The predicted molar refractivity (Wildman–Crippen MR) is 103 cm³/mol. The molecule has 0 aliphatic carbocycles. The molecule has 3 N–H and O–H groups in total. The third-order valence-corrected chi connectivity index (χ3v) is 4.10. The Balaban J connectivity index is 1.95. The first kappa shape index (κ1) is 18.3. The van der Waals surface area contributed by atoms with Crippen molar-refractivity contribution < 1.29 is 14.7 Å². The van der Waals surface area contributed by atoms with Gasteiger partial charge in [-0.2, -0.15) is 0 Å². The molecule has 0 bridgehead atoms. The number of carboxylic acid groups (broad SMARTS) is 1. The molecule has 7 nitrogen and oxygen atoms in total. The van der Waals surface area contributed by atoms with Crippen LogP contribution in [0, 0.1) is 6.92 Å². The van der Waals surface area contributed by atoms with Gasteiger partial charge in [-0.3, -0.25) is 14.4 Å². The number of amides is 1. The van der Waals surface area contributed by atoms with Gasteiger partial charge in [-0.05, 0) is 37.1 Å². The topological polar surface area (TPSA) is 112 Å². The molecule has 0 saturated carbocycles. The summed E-state index contributed by atoms with van der Waals surface area (Å²) in [6.45, 7) is 1.88. The number of nitrogens with zero attached hydrogens (tertiary/aromatic N) is 1. The number of carbonyl (C=O) groups is 2. The number of hydrogen-bond donors (Lipinski definition) is 3. The number of nitrogens with one attached hydrogen (secondary N) is 2. The van der Waals surface area contributed by atoms with Gasteiger partial charge >= 0.3 is 5.97 Å². The van der Waals surface area contributed by atoms with Crippen molar-refractivity contribution >= 4 is 28.6 Å². The highest BCUT2D eigenvalue weighted by atomic mass is 16.4. The summed E-state index contributed by atoms with van der Waals surface area (Å²) in [4.78, 5) is 42.5. The van der Waals surface area contributed by atoms with Crippen LogP contribution >= 0.6 is 0 Å². The number of benzene rings is 2. The summed E-state index contributed by atoms with van der Waals surface area (Å²) in [6.07, 6.45) is 0.262. The van der Waals surface area contributed by atoms with Crippen LogP contribution in [0.15, 0.2) is 47.3 Å². The summed E-state index contributed by atoms with van der Waals surface area (Å²) >= 11 is 0. The van der Waals surface area contributed by atoms with E-state index in [1.807, 2.05) is 25.1 Å². The molecule has 3 aromatic rings. The minimum atomic E-state index is -0.939. The standard InChI is InChI=1S/C20H19N3O4/c1-12-9-10-13(16(11-12)21-17(24)7-4-8-18(25)26)19-20(27)23-15-6-3-2-5-14(15)22-19/h2-3,5-6,9-11H,4,7-8H2,1H3,(H,21,24)(H,23,27)(H,25,26). The average molecular weight is 365 g/mol. The fourth-order valence-electron chi connectivity index (χ4n) is 2.79. The molecule has 0 fully saturated rings. The lowest BCUT2D eigenvalue weighted by molar-refractivity contribution is -0.137. The van der Waals surface area contributed by atoms with E-state index in [1.165, 1.54) is 0 Å². The zero-order chi connectivity index (χ0) is 19.4. The van der Waals surface area contributed by atoms with Crippen LogP contribution in [0.25, 0.3) is 22.3 Å². The summed E-state index contributed by atoms with van der Waals surface area (Å²) in [6, 6.07) is 12.6. The number of anilines is 1. The number of carbonyl (C=O) groups excluding carboxylic acids is 1. The second-order valence-corrected chi connectivity index (χ2v) is 6.28. The number of aliphatic carboxylic acids is 1. The number of hydrogen-bond acceptors (Lipinski definition) is 4. The molecule has 2 aromatic carbocycles. The highest BCUT2D eigenvalue weighted by Crippen LogP contribution is 2.26. The molecule has 3 rings (SSSR count). The first-order valence-electron chi connectivity index (χ1n) is 8.56. The van der Waals surface area contributed by atoms with Crippen molar-refractivity contribution in [3.05, 3.63) is 58.4 Å². The Kier molecular flexibility index (Phi) is 5.30. The van der Waals surface area contributed by atoms with Gasteiger partial charge in [-0.1, -0.05) is 24.3 Å². The fourth-order valence-corrected chi connectivity index (χ4v) is 2.79. The van der Waals surface area contributed by atoms with Crippen molar-refractivity contribution in [2.75, 3.05) is 5.32 Å². The maximum Gasteiger partial charge on any atom is 0.303 e. The van der Waals surface area contributed by atoms with Crippen LogP contribution in [-0.2, 0) is 9.59 Å². The van der Waals surface area contributed by atoms with Gasteiger partial charge in [0.25, 0.3) is 5.56 Å². The van der Waals surface area contributed by atoms with Gasteiger partial charge in [-0.15, -0.1) is 0 Å². The monoisotopic (exact) mass is 365 g/mol. The van der Waals surface area contributed by atoms with Crippen molar-refractivity contribution in [3.8, 4) is 11.3 Å². The largest absolute Gasteiger partial charge is 0.481 e. The molecule has 1 aromatic heterocycles. The van der Waals surface area contributed by atoms with Gasteiger partial charge in [0, 0.05) is 18.4 Å². The van der Waals surface area contributed by atoms with Crippen LogP contribution in [0.1, 0.15) is 24.8 Å². The Bertz CT molecular complexity index is 1070. The Hall–Kier alpha value is -3.48. The molecule has 0 saturated heterocycles. The van der Waals surface area contributed by atoms with E-state index in [4.69, 9.17) is 5.11 Å². The normalized spacial score (nSPS) is 10.7. The maximum atomic E-state index is 12.5. The SMILES string of the molecule is Cc1ccc(-c2nc3ccccc3[nH]c2=O)c(NC(=O)CCCC(=O)O)c1. The van der Waals surface area contributed by atoms with Gasteiger partial charge in [-0.25, -0.2) is 4.98 Å². The molecule has 0 unspecified atom stereocenters. The van der Waals surface area contributed by atoms with Crippen LogP contribution in [-0.4, -0.2) is 27.0 Å². The van der Waals surface area contributed by atoms with Crippen LogP contribution < -0.4 is 10.9 Å². The van der Waals surface area contributed by atoms with E-state index in [2.05, 4.69) is 15.3 Å². The molecule has 7 heteroatoms. The highest BCUT2D eigenvalue weighted by molar-refractivity contribution is 5.95. The van der Waals surface area contributed by atoms with Crippen molar-refractivity contribution in [3.63, 3.8) is 0 Å². The van der Waals surface area contributed by atoms with Crippen molar-refractivity contribution in [1.82, 2.24) is 9.97 Å². The van der Waals surface area contributed by atoms with Crippen molar-refractivity contribution in [2.45, 2.75) is 26.2 Å². The van der Waals surface area contributed by atoms with Gasteiger partial charge in [0.15, 0.2) is 0 Å². The first-order valence-corrected chi connectivity index (χ1v) is 8.56. The smallest absolute Gasteiger partial charge is 0.303 e. The third kappa shape index (κ3) is 4.38. The van der Waals surface area contributed by atoms with Crippen LogP contribution in [0.2, 0.25) is 0 Å². The van der Waals surface area contributed by atoms with E-state index in [9.17, 15) is 14.4 Å². The van der Waals surface area contributed by atoms with Crippen molar-refractivity contribution in [2.24, 2.45) is 0 Å². The van der Waals surface area contributed by atoms with Crippen LogP contribution in [0.5, 0.6) is 0 Å². The number of rotatable bonds is 6. The molecular formula is C20H19N3O4. The van der Waals surface area contributed by atoms with E-state index >= 15 is 0 Å². The number of fused-ring (bicyclic) bond motifs is 1. The lowest BCUT2D eigenvalue weighted by Crippen LogP contribution is -2.16. The summed E-state index contributed by atoms with van der Waals surface area (Å²) in [7, 11) is 0. The van der Waals surface area contributed by atoms with Crippen molar-refractivity contribution in [1.29, 1.82) is 0 Å². The number of aromatic amines is 1. The quantitative estimate of drug-likeness (QED) is 0.621. The second kappa shape index (κ2) is 7.82. The number of aromatic nitrogens is 2. The Morgan fingerprint density at radius 2 is 1.93 bits per heavy atom. The van der Waals surface area contributed by atoms with E-state index in [0.717, 1.165) is 5.56 Å². The molecule has 27 heavy (non-hydrogen) atoms. The van der Waals surface area contributed by atoms with Gasteiger partial charge < -0.3 is 15.4 Å². The van der Waals surface area contributed by atoms with Gasteiger partial charge in [0.1, 0.15) is 5.69 Å². The van der Waals surface area contributed by atoms with Gasteiger partial charge in [0.2, 0.25) is 5.91 Å². The number of aryl methyl sites for hydroxylation is 1. The minimum absolute atomic E-state index is 0.0695. The molecule has 0 aliphatic rings. The molecular weight excluding hydrogens is 346 g/mol. The fraction of sp³-hybridized carbons (Fsp3) is 0.200. The molecule has 0 radical (unpaired) electrons. The van der Waals surface area contributed by atoms with Crippen LogP contribution in [0.4, 0.5) is 5.69 Å². The molecule has 1 amide bonds. The third-order valence-electron chi connectivity index (χ3n) is 4.10. The molecule has 0 spiro atoms. The number of para-hydroxylation sites is 2. The summed E-state index contributed by atoms with van der Waals surface area (Å²) in [5.41, 5.74) is 3.05. The van der Waals surface area contributed by atoms with E-state index in [1.54, 1.807) is 24.3 Å². The molecule has 1 heterocycles. The average Bonchev–Trinajstić information content (AvgIpc) is 2.61. The zero-order valence-electron chi connectivity index (χ0n) is 14.8. The van der Waals surface area contributed by atoms with Crippen LogP contribution in [0.3, 0.4) is 0 Å². The number of carboxylic acids is 1. The predicted octanol–water partition coefficient (Wildman–Crippen LogP) is 3.09. The molecule has 138 valence electrons. The van der Waals surface area contributed by atoms with E-state index < -0.39 is 5.97 Å². The Morgan fingerprint density at radius 3 is 2.70 bits per heavy atom. The molecule has 0 aliphatic heterocycles. The highest BCUT2D eigenvalue weighted by Gasteiger charge is 2.14. The maximum absolute atomic E-state index is 12.5. The Morgan fingerprint density at radius 1 is 1.15 bits per heavy atom. The second-order valence-electron chi connectivity index (χ2n) is 6.28. The first-order chi connectivity index (χ1) is 12.9. The zero-order valence-corrected chi connectivity index (χ0v) is 14.8. The minimum Gasteiger partial charge on any atom is -0.481 e. The Labute approximate surface area is 155 Å². The number of H-pyrrole nitrogens is 1. The lowest BCUT2D eigenvalue weighted by Gasteiger charge is -2.12. The molecule has 0 atom stereocenters.